The van der Waals surface area contributed by atoms with E-state index in [0.717, 1.165) is 0 Å². The average molecular weight is 163 g/mol. The number of likely N-dealkylation sites (tertiary alicyclic amines) is 1. The Bertz CT molecular complexity index is 100. The summed E-state index contributed by atoms with van der Waals surface area (Å²) in [5, 5.41) is 8.65. The fraction of sp³-hybridized carbons (Fsp3) is 1.00. The summed E-state index contributed by atoms with van der Waals surface area (Å²) >= 11 is 0. The van der Waals surface area contributed by atoms with Gasteiger partial charge in [0.25, 0.3) is 0 Å². The van der Waals surface area contributed by atoms with E-state index < -0.39 is 6.17 Å². The second-order valence-electron chi connectivity index (χ2n) is 2.61. The SMILES string of the molecule is CC.CN1C[C@@H](F)C[C@@H]1CO. The van der Waals surface area contributed by atoms with Crippen molar-refractivity contribution in [3.63, 3.8) is 0 Å². The van der Waals surface area contributed by atoms with E-state index in [-0.39, 0.29) is 12.6 Å². The molecule has 1 aliphatic heterocycles. The second-order valence-corrected chi connectivity index (χ2v) is 2.61. The summed E-state index contributed by atoms with van der Waals surface area (Å²) in [5.74, 6) is 0. The van der Waals surface area contributed by atoms with Crippen LogP contribution in [0.2, 0.25) is 0 Å². The van der Waals surface area contributed by atoms with Crippen LogP contribution in [0.3, 0.4) is 0 Å². The Morgan fingerprint density at radius 3 is 2.27 bits per heavy atom. The van der Waals surface area contributed by atoms with Gasteiger partial charge in [0.2, 0.25) is 0 Å². The first kappa shape index (κ1) is 10.8. The van der Waals surface area contributed by atoms with Crippen molar-refractivity contribution in [2.75, 3.05) is 20.2 Å². The van der Waals surface area contributed by atoms with Crippen LogP contribution >= 0.6 is 0 Å². The number of nitrogens with zero attached hydrogens (tertiary/aromatic N) is 1. The minimum atomic E-state index is -0.729. The van der Waals surface area contributed by atoms with Crippen molar-refractivity contribution in [2.45, 2.75) is 32.5 Å². The molecule has 1 aliphatic rings. The highest BCUT2D eigenvalue weighted by atomic mass is 19.1. The molecule has 0 spiro atoms. The molecule has 0 aromatic heterocycles. The van der Waals surface area contributed by atoms with Gasteiger partial charge in [-0.15, -0.1) is 0 Å². The molecule has 0 bridgehead atoms. The molecule has 1 heterocycles. The van der Waals surface area contributed by atoms with E-state index in [2.05, 4.69) is 0 Å². The maximum absolute atomic E-state index is 12.5. The van der Waals surface area contributed by atoms with Crippen molar-refractivity contribution in [1.29, 1.82) is 0 Å². The molecule has 0 unspecified atom stereocenters. The summed E-state index contributed by atoms with van der Waals surface area (Å²) in [6.45, 7) is 4.56. The van der Waals surface area contributed by atoms with Crippen molar-refractivity contribution >= 4 is 0 Å². The zero-order valence-electron chi connectivity index (χ0n) is 7.55. The zero-order valence-corrected chi connectivity index (χ0v) is 7.55. The maximum Gasteiger partial charge on any atom is 0.114 e. The lowest BCUT2D eigenvalue weighted by Crippen LogP contribution is -2.27. The van der Waals surface area contributed by atoms with Gasteiger partial charge in [-0.05, 0) is 13.5 Å². The number of hydrogen-bond donors (Lipinski definition) is 1. The first-order valence-electron chi connectivity index (χ1n) is 4.19. The number of aliphatic hydroxyl groups excluding tert-OH is 1. The molecule has 1 saturated heterocycles. The quantitative estimate of drug-likeness (QED) is 0.624. The molecule has 0 saturated carbocycles. The van der Waals surface area contributed by atoms with Gasteiger partial charge in [0.15, 0.2) is 0 Å². The Kier molecular flexibility index (Phi) is 5.42. The number of aliphatic hydroxyl groups is 1. The summed E-state index contributed by atoms with van der Waals surface area (Å²) in [7, 11) is 1.83. The van der Waals surface area contributed by atoms with Gasteiger partial charge < -0.3 is 5.11 Å². The molecular weight excluding hydrogens is 145 g/mol. The van der Waals surface area contributed by atoms with Gasteiger partial charge >= 0.3 is 0 Å². The third-order valence-electron chi connectivity index (χ3n) is 1.85. The van der Waals surface area contributed by atoms with Crippen LogP contribution in [-0.4, -0.2) is 42.4 Å². The maximum atomic E-state index is 12.5. The molecule has 1 rings (SSSR count). The first-order valence-corrected chi connectivity index (χ1v) is 4.19. The van der Waals surface area contributed by atoms with Crippen LogP contribution in [0.15, 0.2) is 0 Å². The molecule has 0 radical (unpaired) electrons. The molecule has 0 aromatic carbocycles. The van der Waals surface area contributed by atoms with Gasteiger partial charge in [-0.3, -0.25) is 4.90 Å². The number of likely N-dealkylation sites (N-methyl/N-ethyl adjacent to an activating group) is 1. The molecule has 2 atom stereocenters. The van der Waals surface area contributed by atoms with Crippen LogP contribution in [0.5, 0.6) is 0 Å². The number of alkyl halides is 1. The highest BCUT2D eigenvalue weighted by molar-refractivity contribution is 4.81. The van der Waals surface area contributed by atoms with Crippen LogP contribution in [0.4, 0.5) is 4.39 Å². The Labute approximate surface area is 68.0 Å². The van der Waals surface area contributed by atoms with Gasteiger partial charge in [0, 0.05) is 12.6 Å². The van der Waals surface area contributed by atoms with Crippen LogP contribution in [-0.2, 0) is 0 Å². The van der Waals surface area contributed by atoms with Gasteiger partial charge in [-0.25, -0.2) is 4.39 Å². The summed E-state index contributed by atoms with van der Waals surface area (Å²) in [5.41, 5.74) is 0. The molecule has 0 amide bonds. The summed E-state index contributed by atoms with van der Waals surface area (Å²) in [6, 6.07) is 0.0556. The summed E-state index contributed by atoms with van der Waals surface area (Å²) in [6.07, 6.45) is -0.236. The third-order valence-corrected chi connectivity index (χ3v) is 1.85. The number of halogens is 1. The molecule has 3 heteroatoms. The second kappa shape index (κ2) is 5.49. The molecular formula is C8H18FNO. The minimum absolute atomic E-state index is 0.0556. The third kappa shape index (κ3) is 3.16. The molecule has 0 aliphatic carbocycles. The lowest BCUT2D eigenvalue weighted by molar-refractivity contribution is 0.182. The van der Waals surface area contributed by atoms with E-state index in [0.29, 0.717) is 13.0 Å². The molecule has 0 aromatic rings. The first-order chi connectivity index (χ1) is 5.24. The minimum Gasteiger partial charge on any atom is -0.395 e. The van der Waals surface area contributed by atoms with E-state index in [1.165, 1.54) is 0 Å². The monoisotopic (exact) mass is 163 g/mol. The van der Waals surface area contributed by atoms with Gasteiger partial charge in [0.1, 0.15) is 6.17 Å². The fourth-order valence-corrected chi connectivity index (χ4v) is 1.23. The molecule has 68 valence electrons. The highest BCUT2D eigenvalue weighted by Crippen LogP contribution is 2.17. The Morgan fingerprint density at radius 1 is 1.55 bits per heavy atom. The van der Waals surface area contributed by atoms with Crippen LogP contribution in [0.1, 0.15) is 20.3 Å². The van der Waals surface area contributed by atoms with Crippen molar-refractivity contribution in [3.8, 4) is 0 Å². The molecule has 1 fully saturated rings. The lowest BCUT2D eigenvalue weighted by atomic mass is 10.2. The predicted molar refractivity (Wildman–Crippen MR) is 44.4 cm³/mol. The number of rotatable bonds is 1. The Morgan fingerprint density at radius 2 is 2.09 bits per heavy atom. The fourth-order valence-electron chi connectivity index (χ4n) is 1.23. The van der Waals surface area contributed by atoms with E-state index >= 15 is 0 Å². The van der Waals surface area contributed by atoms with Crippen molar-refractivity contribution in [2.24, 2.45) is 0 Å². The smallest absolute Gasteiger partial charge is 0.114 e. The Hall–Kier alpha value is -0.150. The zero-order chi connectivity index (χ0) is 8.85. The summed E-state index contributed by atoms with van der Waals surface area (Å²) in [4.78, 5) is 1.85. The predicted octanol–water partition coefficient (Wildman–Crippen LogP) is 1.05. The average Bonchev–Trinajstić information content (AvgIpc) is 2.33. The van der Waals surface area contributed by atoms with E-state index in [1.54, 1.807) is 0 Å². The van der Waals surface area contributed by atoms with Crippen molar-refractivity contribution in [3.05, 3.63) is 0 Å². The molecule has 11 heavy (non-hydrogen) atoms. The van der Waals surface area contributed by atoms with E-state index in [1.807, 2.05) is 25.8 Å². The van der Waals surface area contributed by atoms with E-state index in [9.17, 15) is 4.39 Å². The largest absolute Gasteiger partial charge is 0.395 e. The highest BCUT2D eigenvalue weighted by Gasteiger charge is 2.28. The number of hydrogen-bond acceptors (Lipinski definition) is 2. The van der Waals surface area contributed by atoms with Crippen LogP contribution in [0, 0.1) is 0 Å². The molecule has 1 N–H and O–H groups in total. The molecule has 2 nitrogen and oxygen atoms in total. The van der Waals surface area contributed by atoms with Crippen molar-refractivity contribution < 1.29 is 9.50 Å². The van der Waals surface area contributed by atoms with Crippen LogP contribution < -0.4 is 0 Å². The van der Waals surface area contributed by atoms with Gasteiger partial charge in [0.05, 0.1) is 6.61 Å². The Balaban J connectivity index is 0.000000461. The topological polar surface area (TPSA) is 23.5 Å². The lowest BCUT2D eigenvalue weighted by Gasteiger charge is -2.14. The van der Waals surface area contributed by atoms with Crippen molar-refractivity contribution in [1.82, 2.24) is 4.90 Å². The van der Waals surface area contributed by atoms with E-state index in [4.69, 9.17) is 5.11 Å². The van der Waals surface area contributed by atoms with Gasteiger partial charge in [-0.1, -0.05) is 13.8 Å². The van der Waals surface area contributed by atoms with Crippen LogP contribution in [0.25, 0.3) is 0 Å². The standard InChI is InChI=1S/C6H12FNO.C2H6/c1-8-3-5(7)2-6(8)4-9;1-2/h5-6,9H,2-4H2,1H3;1-2H3/t5-,6+;/m0./s1. The van der Waals surface area contributed by atoms with Gasteiger partial charge in [-0.2, -0.15) is 0 Å². The normalized spacial score (nSPS) is 31.4. The summed E-state index contributed by atoms with van der Waals surface area (Å²) < 4.78 is 12.5.